The van der Waals surface area contributed by atoms with E-state index >= 15 is 0 Å². The summed E-state index contributed by atoms with van der Waals surface area (Å²) in [5, 5.41) is 0. The minimum Gasteiger partial charge on any atom is -1.00 e. The fourth-order valence-corrected chi connectivity index (χ4v) is 1.96. The zero-order valence-corrected chi connectivity index (χ0v) is 9.30. The first kappa shape index (κ1) is 10.4. The Morgan fingerprint density at radius 2 is 1.50 bits per heavy atom. The number of hydrogen-bond donors (Lipinski definition) is 0. The standard InChI is InChI=1S/2C2H5.Bi.BrH/c2*1-2;;/h2*1H2,2H3;;1H/q;;+1;/p-1. The van der Waals surface area contributed by atoms with Crippen LogP contribution in [0.5, 0.6) is 0 Å². The Balaban J connectivity index is 0. The molecule has 0 atom stereocenters. The first-order valence-electron chi connectivity index (χ1n) is 2.05. The van der Waals surface area contributed by atoms with Gasteiger partial charge in [0.15, 0.2) is 0 Å². The van der Waals surface area contributed by atoms with Crippen molar-refractivity contribution < 1.29 is 17.0 Å². The van der Waals surface area contributed by atoms with E-state index in [1.54, 1.807) is 0 Å². The van der Waals surface area contributed by atoms with Crippen molar-refractivity contribution in [3.63, 3.8) is 0 Å². The number of rotatable bonds is 2. The van der Waals surface area contributed by atoms with Crippen LogP contribution in [0.15, 0.2) is 0 Å². The quantitative estimate of drug-likeness (QED) is 0.538. The molecule has 0 saturated carbocycles. The molecule has 2 radical (unpaired) electrons. The van der Waals surface area contributed by atoms with Crippen molar-refractivity contribution in [3.8, 4) is 0 Å². The van der Waals surface area contributed by atoms with Crippen LogP contribution in [-0.2, 0) is 0 Å². The maximum absolute atomic E-state index is 2.29. The van der Waals surface area contributed by atoms with Gasteiger partial charge >= 0.3 is 45.3 Å². The molecular weight excluding hydrogens is 337 g/mol. The molecule has 0 rings (SSSR count). The second-order valence-electron chi connectivity index (χ2n) is 0.856. The van der Waals surface area contributed by atoms with E-state index in [1.807, 2.05) is 0 Å². The van der Waals surface area contributed by atoms with Gasteiger partial charge < -0.3 is 17.0 Å². The summed E-state index contributed by atoms with van der Waals surface area (Å²) in [6, 6.07) is 0. The van der Waals surface area contributed by atoms with Gasteiger partial charge in [0.2, 0.25) is 0 Å². The summed E-state index contributed by atoms with van der Waals surface area (Å²) in [5.41, 5.74) is 0. The molecule has 38 valence electrons. The topological polar surface area (TPSA) is 0 Å². The summed E-state index contributed by atoms with van der Waals surface area (Å²) in [6.07, 6.45) is 0. The molecule has 0 bridgehead atoms. The summed E-state index contributed by atoms with van der Waals surface area (Å²) in [4.78, 5) is 0. The van der Waals surface area contributed by atoms with Gasteiger partial charge in [-0.15, -0.1) is 0 Å². The van der Waals surface area contributed by atoms with Crippen LogP contribution in [0.1, 0.15) is 13.8 Å². The first-order valence-corrected chi connectivity index (χ1v) is 6.96. The van der Waals surface area contributed by atoms with E-state index in [0.29, 0.717) is 0 Å². The molecular formula is C4H10BiBr. The molecule has 0 fully saturated rings. The van der Waals surface area contributed by atoms with Gasteiger partial charge in [-0.1, -0.05) is 0 Å². The van der Waals surface area contributed by atoms with E-state index in [9.17, 15) is 0 Å². The SMILES string of the molecule is C[CH2][Bi+][CH2]C.[Br-]. The van der Waals surface area contributed by atoms with Crippen LogP contribution in [0.3, 0.4) is 0 Å². The van der Waals surface area contributed by atoms with Crippen LogP contribution in [0.25, 0.3) is 0 Å². The van der Waals surface area contributed by atoms with Crippen molar-refractivity contribution in [1.82, 2.24) is 0 Å². The van der Waals surface area contributed by atoms with Crippen LogP contribution in [0.2, 0.25) is 8.26 Å². The van der Waals surface area contributed by atoms with Crippen LogP contribution in [-0.4, -0.2) is 23.2 Å². The van der Waals surface area contributed by atoms with Crippen molar-refractivity contribution in [1.29, 1.82) is 0 Å². The van der Waals surface area contributed by atoms with Gasteiger partial charge in [-0.2, -0.15) is 0 Å². The number of hydrogen-bond acceptors (Lipinski definition) is 0. The van der Waals surface area contributed by atoms with Gasteiger partial charge in [0.1, 0.15) is 0 Å². The van der Waals surface area contributed by atoms with Crippen LogP contribution >= 0.6 is 0 Å². The van der Waals surface area contributed by atoms with Crippen LogP contribution in [0, 0.1) is 0 Å². The average molecular weight is 347 g/mol. The zero-order valence-electron chi connectivity index (χ0n) is 4.24. The third-order valence-electron chi connectivity index (χ3n) is 0.447. The molecule has 0 aliphatic heterocycles. The Kier molecular flexibility index (Phi) is 16.6. The predicted octanol–water partition coefficient (Wildman–Crippen LogP) is -1.43. The maximum atomic E-state index is 2.29. The fourth-order valence-electron chi connectivity index (χ4n) is 0.224. The van der Waals surface area contributed by atoms with E-state index in [2.05, 4.69) is 13.8 Å². The van der Waals surface area contributed by atoms with Gasteiger partial charge in [-0.25, -0.2) is 0 Å². The molecule has 0 aliphatic carbocycles. The Bertz CT molecular complexity index is 15.0. The molecule has 0 saturated heterocycles. The second-order valence-corrected chi connectivity index (χ2v) is 7.51. The van der Waals surface area contributed by atoms with Gasteiger partial charge in [0.05, 0.1) is 0 Å². The minimum absolute atomic E-state index is 0. The molecule has 0 aromatic rings. The molecule has 0 N–H and O–H groups in total. The van der Waals surface area contributed by atoms with Crippen LogP contribution in [0.4, 0.5) is 0 Å². The second kappa shape index (κ2) is 9.61. The van der Waals surface area contributed by atoms with Gasteiger partial charge in [-0.3, -0.25) is 0 Å². The Hall–Kier alpha value is 1.36. The van der Waals surface area contributed by atoms with Crippen molar-refractivity contribution in [2.24, 2.45) is 0 Å². The largest absolute Gasteiger partial charge is 1.00 e. The minimum atomic E-state index is 0. The van der Waals surface area contributed by atoms with Crippen molar-refractivity contribution in [2.45, 2.75) is 22.1 Å². The molecule has 0 unspecified atom stereocenters. The predicted molar refractivity (Wildman–Crippen MR) is 26.7 cm³/mol. The van der Waals surface area contributed by atoms with Gasteiger partial charge in [0, 0.05) is 0 Å². The molecule has 0 aromatic heterocycles. The third-order valence-corrected chi connectivity index (χ3v) is 3.92. The molecule has 0 nitrogen and oxygen atoms in total. The summed E-state index contributed by atoms with van der Waals surface area (Å²) in [7, 11) is 0. The van der Waals surface area contributed by atoms with E-state index in [0.717, 1.165) is 0 Å². The van der Waals surface area contributed by atoms with Crippen LogP contribution < -0.4 is 17.0 Å². The van der Waals surface area contributed by atoms with Crippen molar-refractivity contribution in [3.05, 3.63) is 0 Å². The van der Waals surface area contributed by atoms with Crippen molar-refractivity contribution >= 4 is 23.2 Å². The molecule has 0 spiro atoms. The first-order chi connectivity index (χ1) is 2.41. The molecule has 2 heteroatoms. The van der Waals surface area contributed by atoms with E-state index in [4.69, 9.17) is 0 Å². The maximum Gasteiger partial charge on any atom is -1.00 e. The molecule has 0 heterocycles. The van der Waals surface area contributed by atoms with Gasteiger partial charge in [0.25, 0.3) is 0 Å². The molecule has 0 amide bonds. The molecule has 6 heavy (non-hydrogen) atoms. The van der Waals surface area contributed by atoms with E-state index in [-0.39, 0.29) is 40.2 Å². The zero-order chi connectivity index (χ0) is 4.12. The number of halogens is 1. The Morgan fingerprint density at radius 3 is 1.50 bits per heavy atom. The average Bonchev–Trinajstić information content (AvgIpc) is 1.41. The third kappa shape index (κ3) is 9.03. The molecule has 0 aliphatic rings. The Morgan fingerprint density at radius 1 is 1.17 bits per heavy atom. The smallest absolute Gasteiger partial charge is 1.00 e. The summed E-state index contributed by atoms with van der Waals surface area (Å²) in [6.45, 7) is 4.58. The molecule has 0 aromatic carbocycles. The van der Waals surface area contributed by atoms with Crippen molar-refractivity contribution in [2.75, 3.05) is 0 Å². The fraction of sp³-hybridized carbons (Fsp3) is 1.00. The normalized spacial score (nSPS) is 7.00. The van der Waals surface area contributed by atoms with Gasteiger partial charge in [-0.05, 0) is 0 Å². The summed E-state index contributed by atoms with van der Waals surface area (Å²) >= 11 is 0.145. The van der Waals surface area contributed by atoms with E-state index < -0.39 is 0 Å². The summed E-state index contributed by atoms with van der Waals surface area (Å²) < 4.78 is 3.05. The van der Waals surface area contributed by atoms with E-state index in [1.165, 1.54) is 8.26 Å². The summed E-state index contributed by atoms with van der Waals surface area (Å²) in [5.74, 6) is 0. The Labute approximate surface area is 62.0 Å². The monoisotopic (exact) mass is 346 g/mol.